The van der Waals surface area contributed by atoms with Gasteiger partial charge in [-0.3, -0.25) is 14.4 Å². The molecule has 2 aliphatic carbocycles. The van der Waals surface area contributed by atoms with Gasteiger partial charge in [-0.25, -0.2) is 0 Å². The number of rotatable bonds is 0. The molecule has 0 spiro atoms. The first kappa shape index (κ1) is 11.1. The normalized spacial score (nSPS) is 19.4. The van der Waals surface area contributed by atoms with Crippen molar-refractivity contribution >= 4 is 17.3 Å². The number of hydrogen-bond donors (Lipinski definition) is 0. The fraction of sp³-hybridized carbons (Fsp3) is 0.267. The zero-order chi connectivity index (χ0) is 12.7. The van der Waals surface area contributed by atoms with Gasteiger partial charge in [-0.2, -0.15) is 0 Å². The van der Waals surface area contributed by atoms with Crippen molar-refractivity contribution in [2.45, 2.75) is 25.7 Å². The van der Waals surface area contributed by atoms with Gasteiger partial charge in [0.25, 0.3) is 0 Å². The van der Waals surface area contributed by atoms with Gasteiger partial charge in [0.2, 0.25) is 0 Å². The van der Waals surface area contributed by atoms with E-state index in [9.17, 15) is 14.4 Å². The molecule has 0 fully saturated rings. The van der Waals surface area contributed by atoms with Crippen molar-refractivity contribution in [1.29, 1.82) is 0 Å². The predicted octanol–water partition coefficient (Wildman–Crippen LogP) is 2.51. The molecule has 3 rings (SSSR count). The Hall–Kier alpha value is -2.03. The van der Waals surface area contributed by atoms with Crippen molar-refractivity contribution in [2.75, 3.05) is 0 Å². The molecule has 0 saturated carbocycles. The van der Waals surface area contributed by atoms with Crippen LogP contribution in [0.25, 0.3) is 0 Å². The Labute approximate surface area is 104 Å². The Balaban J connectivity index is 2.14. The molecular formula is C15H12O3. The minimum Gasteiger partial charge on any atom is -0.300 e. The molecule has 18 heavy (non-hydrogen) atoms. The molecule has 1 aromatic rings. The van der Waals surface area contributed by atoms with Gasteiger partial charge in [0.15, 0.2) is 11.6 Å². The molecule has 0 heterocycles. The van der Waals surface area contributed by atoms with Gasteiger partial charge in [0, 0.05) is 35.1 Å². The summed E-state index contributed by atoms with van der Waals surface area (Å²) in [5, 5.41) is 0. The van der Waals surface area contributed by atoms with E-state index in [1.807, 2.05) is 0 Å². The Morgan fingerprint density at radius 3 is 1.56 bits per heavy atom. The number of carbonyl (C=O) groups is 3. The third-order valence-electron chi connectivity index (χ3n) is 3.64. The Morgan fingerprint density at radius 1 is 0.667 bits per heavy atom. The zero-order valence-electron chi connectivity index (χ0n) is 9.86. The number of allylic oxidation sites excluding steroid dienone is 2. The fourth-order valence-electron chi connectivity index (χ4n) is 2.66. The topological polar surface area (TPSA) is 51.2 Å². The zero-order valence-corrected chi connectivity index (χ0v) is 9.86. The highest BCUT2D eigenvalue weighted by Gasteiger charge is 2.33. The van der Waals surface area contributed by atoms with Crippen LogP contribution in [0.1, 0.15) is 46.4 Å². The minimum absolute atomic E-state index is 0.0742. The van der Waals surface area contributed by atoms with Gasteiger partial charge in [0.1, 0.15) is 5.78 Å². The Kier molecular flexibility index (Phi) is 2.47. The van der Waals surface area contributed by atoms with Gasteiger partial charge in [-0.05, 0) is 12.8 Å². The van der Waals surface area contributed by atoms with E-state index in [2.05, 4.69) is 0 Å². The van der Waals surface area contributed by atoms with Crippen LogP contribution >= 0.6 is 0 Å². The molecule has 0 unspecified atom stereocenters. The summed E-state index contributed by atoms with van der Waals surface area (Å²) in [6, 6.07) is 6.90. The largest absolute Gasteiger partial charge is 0.300 e. The fourth-order valence-corrected chi connectivity index (χ4v) is 2.66. The first-order valence-corrected chi connectivity index (χ1v) is 6.10. The average Bonchev–Trinajstić information content (AvgIpc) is 2.59. The predicted molar refractivity (Wildman–Crippen MR) is 65.6 cm³/mol. The van der Waals surface area contributed by atoms with Crippen LogP contribution in [0, 0.1) is 0 Å². The second kappa shape index (κ2) is 4.02. The van der Waals surface area contributed by atoms with Crippen LogP contribution in [0.2, 0.25) is 0 Å². The molecule has 0 aliphatic heterocycles. The van der Waals surface area contributed by atoms with Gasteiger partial charge < -0.3 is 0 Å². The van der Waals surface area contributed by atoms with Gasteiger partial charge in [-0.1, -0.05) is 24.3 Å². The lowest BCUT2D eigenvalue weighted by Crippen LogP contribution is -2.21. The summed E-state index contributed by atoms with van der Waals surface area (Å²) in [5.74, 6) is -0.0149. The van der Waals surface area contributed by atoms with E-state index < -0.39 is 0 Å². The summed E-state index contributed by atoms with van der Waals surface area (Å²) in [6.45, 7) is 0. The molecule has 0 bridgehead atoms. The summed E-state index contributed by atoms with van der Waals surface area (Å²) in [5.41, 5.74) is 2.08. The van der Waals surface area contributed by atoms with E-state index in [0.717, 1.165) is 0 Å². The van der Waals surface area contributed by atoms with Crippen molar-refractivity contribution in [2.24, 2.45) is 0 Å². The lowest BCUT2D eigenvalue weighted by molar-refractivity contribution is -0.118. The highest BCUT2D eigenvalue weighted by atomic mass is 16.1. The maximum atomic E-state index is 12.3. The molecule has 2 aliphatic rings. The van der Waals surface area contributed by atoms with Crippen LogP contribution in [0.3, 0.4) is 0 Å². The molecule has 3 heteroatoms. The van der Waals surface area contributed by atoms with Gasteiger partial charge >= 0.3 is 0 Å². The van der Waals surface area contributed by atoms with Crippen LogP contribution in [0.4, 0.5) is 0 Å². The third kappa shape index (κ3) is 1.55. The van der Waals surface area contributed by atoms with E-state index in [0.29, 0.717) is 48.0 Å². The molecule has 1 aromatic carbocycles. The first-order chi connectivity index (χ1) is 8.68. The molecule has 0 saturated heterocycles. The molecule has 0 atom stereocenters. The van der Waals surface area contributed by atoms with E-state index in [-0.39, 0.29) is 17.3 Å². The molecular weight excluding hydrogens is 228 g/mol. The molecule has 0 aromatic heterocycles. The summed E-state index contributed by atoms with van der Waals surface area (Å²) >= 11 is 0. The second-order valence-corrected chi connectivity index (χ2v) is 4.70. The molecule has 90 valence electrons. The number of benzene rings is 1. The van der Waals surface area contributed by atoms with E-state index in [1.165, 1.54) is 0 Å². The molecule has 3 nitrogen and oxygen atoms in total. The van der Waals surface area contributed by atoms with Gasteiger partial charge in [-0.15, -0.1) is 0 Å². The Morgan fingerprint density at radius 2 is 1.11 bits per heavy atom. The van der Waals surface area contributed by atoms with E-state index >= 15 is 0 Å². The van der Waals surface area contributed by atoms with Crippen molar-refractivity contribution in [3.63, 3.8) is 0 Å². The van der Waals surface area contributed by atoms with Crippen LogP contribution in [-0.2, 0) is 4.79 Å². The van der Waals surface area contributed by atoms with Crippen LogP contribution in [0.5, 0.6) is 0 Å². The monoisotopic (exact) mass is 240 g/mol. The standard InChI is InChI=1S/C15H12O3/c16-9-5-7-12-13(8-6-9)15(18)11-4-2-1-3-10(11)14(12)17/h1-4H,5-8H2. The minimum atomic E-state index is -0.0742. The summed E-state index contributed by atoms with van der Waals surface area (Å²) in [7, 11) is 0. The maximum absolute atomic E-state index is 12.3. The lowest BCUT2D eigenvalue weighted by Gasteiger charge is -2.19. The van der Waals surface area contributed by atoms with E-state index in [1.54, 1.807) is 24.3 Å². The summed E-state index contributed by atoms with van der Waals surface area (Å²) in [6.07, 6.45) is 1.57. The number of fused-ring (bicyclic) bond motifs is 1. The second-order valence-electron chi connectivity index (χ2n) is 4.70. The van der Waals surface area contributed by atoms with Crippen molar-refractivity contribution in [3.05, 3.63) is 46.5 Å². The SMILES string of the molecule is O=C1CCC2=C(CC1)C(=O)c1ccccc1C2=O. The van der Waals surface area contributed by atoms with Crippen molar-refractivity contribution in [1.82, 2.24) is 0 Å². The van der Waals surface area contributed by atoms with E-state index in [4.69, 9.17) is 0 Å². The van der Waals surface area contributed by atoms with Crippen molar-refractivity contribution < 1.29 is 14.4 Å². The maximum Gasteiger partial charge on any atom is 0.190 e. The number of carbonyl (C=O) groups excluding carboxylic acids is 3. The highest BCUT2D eigenvalue weighted by molar-refractivity contribution is 6.27. The average molecular weight is 240 g/mol. The lowest BCUT2D eigenvalue weighted by atomic mass is 9.82. The van der Waals surface area contributed by atoms with Crippen molar-refractivity contribution in [3.8, 4) is 0 Å². The third-order valence-corrected chi connectivity index (χ3v) is 3.64. The van der Waals surface area contributed by atoms with Crippen LogP contribution in [0.15, 0.2) is 35.4 Å². The molecule has 0 amide bonds. The summed E-state index contributed by atoms with van der Waals surface area (Å²) < 4.78 is 0. The summed E-state index contributed by atoms with van der Waals surface area (Å²) in [4.78, 5) is 36.1. The quantitative estimate of drug-likeness (QED) is 0.700. The van der Waals surface area contributed by atoms with Crippen LogP contribution < -0.4 is 0 Å². The molecule has 0 N–H and O–H groups in total. The molecule has 0 radical (unpaired) electrons. The number of hydrogen-bond acceptors (Lipinski definition) is 3. The highest BCUT2D eigenvalue weighted by Crippen LogP contribution is 2.33. The smallest absolute Gasteiger partial charge is 0.190 e. The Bertz CT molecular complexity index is 557. The number of ketones is 3. The number of Topliss-reactive ketones (excluding diaryl/α,β-unsaturated/α-hetero) is 3. The first-order valence-electron chi connectivity index (χ1n) is 6.10. The van der Waals surface area contributed by atoms with Crippen LogP contribution in [-0.4, -0.2) is 17.3 Å². The van der Waals surface area contributed by atoms with Gasteiger partial charge in [0.05, 0.1) is 0 Å².